The summed E-state index contributed by atoms with van der Waals surface area (Å²) >= 11 is 0. The van der Waals surface area contributed by atoms with Crippen molar-refractivity contribution in [2.24, 2.45) is 5.41 Å². The largest absolute Gasteiger partial charge is 0.399 e. The van der Waals surface area contributed by atoms with Gasteiger partial charge in [-0.1, -0.05) is 13.3 Å². The lowest BCUT2D eigenvalue weighted by molar-refractivity contribution is 0.486. The quantitative estimate of drug-likeness (QED) is 0.741. The van der Waals surface area contributed by atoms with Crippen molar-refractivity contribution in [1.29, 1.82) is 0 Å². The van der Waals surface area contributed by atoms with E-state index in [2.05, 4.69) is 25.2 Å². The smallest absolute Gasteiger partial charge is 0.0363 e. The number of nitrogens with one attached hydrogen (secondary N) is 1. The van der Waals surface area contributed by atoms with Crippen molar-refractivity contribution in [3.8, 4) is 0 Å². The second-order valence-corrected chi connectivity index (χ2v) is 5.24. The predicted octanol–water partition coefficient (Wildman–Crippen LogP) is 3.57. The van der Waals surface area contributed by atoms with E-state index in [0.717, 1.165) is 12.2 Å². The Hall–Kier alpha value is -1.18. The molecule has 0 saturated heterocycles. The summed E-state index contributed by atoms with van der Waals surface area (Å²) in [5.74, 6) is 0. The maximum Gasteiger partial charge on any atom is 0.0363 e. The monoisotopic (exact) mass is 218 g/mol. The van der Waals surface area contributed by atoms with Gasteiger partial charge in [0.2, 0.25) is 0 Å². The summed E-state index contributed by atoms with van der Waals surface area (Å²) in [5, 5.41) is 3.53. The fourth-order valence-corrected chi connectivity index (χ4v) is 2.43. The lowest BCUT2D eigenvalue weighted by Gasteiger charge is -2.16. The maximum absolute atomic E-state index is 5.83. The van der Waals surface area contributed by atoms with Gasteiger partial charge in [-0.3, -0.25) is 0 Å². The van der Waals surface area contributed by atoms with Crippen molar-refractivity contribution in [3.05, 3.63) is 23.8 Å². The Balaban J connectivity index is 1.94. The van der Waals surface area contributed by atoms with Gasteiger partial charge in [0.25, 0.3) is 0 Å². The molecule has 0 spiro atoms. The van der Waals surface area contributed by atoms with Gasteiger partial charge in [0.15, 0.2) is 0 Å². The summed E-state index contributed by atoms with van der Waals surface area (Å²) in [6, 6.07) is 6.19. The summed E-state index contributed by atoms with van der Waals surface area (Å²) < 4.78 is 0. The zero-order chi connectivity index (χ0) is 11.6. The average Bonchev–Trinajstić information content (AvgIpc) is 2.95. The van der Waals surface area contributed by atoms with Crippen molar-refractivity contribution in [3.63, 3.8) is 0 Å². The number of hydrogen-bond acceptors (Lipinski definition) is 2. The molecule has 2 rings (SSSR count). The molecule has 0 unspecified atom stereocenters. The van der Waals surface area contributed by atoms with E-state index in [0.29, 0.717) is 5.41 Å². The van der Waals surface area contributed by atoms with E-state index in [1.165, 1.54) is 36.9 Å². The lowest BCUT2D eigenvalue weighted by Crippen LogP contribution is -2.15. The number of aryl methyl sites for hydroxylation is 1. The minimum absolute atomic E-state index is 0.591. The minimum Gasteiger partial charge on any atom is -0.399 e. The first-order valence-corrected chi connectivity index (χ1v) is 6.25. The molecule has 1 aromatic rings. The van der Waals surface area contributed by atoms with Crippen LogP contribution in [0.4, 0.5) is 11.4 Å². The molecule has 2 nitrogen and oxygen atoms in total. The second kappa shape index (κ2) is 4.36. The molecule has 16 heavy (non-hydrogen) atoms. The van der Waals surface area contributed by atoms with E-state index in [1.807, 2.05) is 12.1 Å². The van der Waals surface area contributed by atoms with Gasteiger partial charge in [-0.2, -0.15) is 0 Å². The SMILES string of the molecule is CCCC1(CNc2cc(C)cc(N)c2)CC1. The third-order valence-electron chi connectivity index (χ3n) is 3.50. The highest BCUT2D eigenvalue weighted by Crippen LogP contribution is 2.49. The van der Waals surface area contributed by atoms with Crippen LogP contribution < -0.4 is 11.1 Å². The Morgan fingerprint density at radius 1 is 1.31 bits per heavy atom. The van der Waals surface area contributed by atoms with Crippen LogP contribution >= 0.6 is 0 Å². The molecule has 3 N–H and O–H groups in total. The highest BCUT2D eigenvalue weighted by Gasteiger charge is 2.40. The number of rotatable bonds is 5. The van der Waals surface area contributed by atoms with E-state index in [9.17, 15) is 0 Å². The second-order valence-electron chi connectivity index (χ2n) is 5.24. The van der Waals surface area contributed by atoms with Crippen molar-refractivity contribution < 1.29 is 0 Å². The van der Waals surface area contributed by atoms with Crippen LogP contribution in [-0.2, 0) is 0 Å². The first kappa shape index (κ1) is 11.3. The van der Waals surface area contributed by atoms with Gasteiger partial charge in [-0.25, -0.2) is 0 Å². The third kappa shape index (κ3) is 2.69. The normalized spacial score (nSPS) is 17.1. The lowest BCUT2D eigenvalue weighted by atomic mass is 10.0. The van der Waals surface area contributed by atoms with E-state index in [-0.39, 0.29) is 0 Å². The number of anilines is 2. The Bertz CT molecular complexity index is 347. The topological polar surface area (TPSA) is 38.0 Å². The van der Waals surface area contributed by atoms with Gasteiger partial charge in [0, 0.05) is 17.9 Å². The molecule has 1 aliphatic rings. The van der Waals surface area contributed by atoms with Crippen molar-refractivity contribution in [1.82, 2.24) is 0 Å². The van der Waals surface area contributed by atoms with Crippen molar-refractivity contribution >= 4 is 11.4 Å². The summed E-state index contributed by atoms with van der Waals surface area (Å²) in [6.45, 7) is 5.45. The summed E-state index contributed by atoms with van der Waals surface area (Å²) in [7, 11) is 0. The van der Waals surface area contributed by atoms with Crippen LogP contribution in [0.15, 0.2) is 18.2 Å². The summed E-state index contributed by atoms with van der Waals surface area (Å²) in [4.78, 5) is 0. The molecular weight excluding hydrogens is 196 g/mol. The predicted molar refractivity (Wildman–Crippen MR) is 70.7 cm³/mol. The molecule has 0 aromatic heterocycles. The van der Waals surface area contributed by atoms with Gasteiger partial charge in [-0.05, 0) is 55.4 Å². The molecule has 1 saturated carbocycles. The standard InChI is InChI=1S/C14H22N2/c1-3-4-14(5-6-14)10-16-13-8-11(2)7-12(15)9-13/h7-9,16H,3-6,10,15H2,1-2H3. The molecule has 1 aliphatic carbocycles. The summed E-state index contributed by atoms with van der Waals surface area (Å²) in [5.41, 5.74) is 9.66. The molecule has 0 bridgehead atoms. The van der Waals surface area contributed by atoms with Gasteiger partial charge in [0.1, 0.15) is 0 Å². The Labute approximate surface area is 98.2 Å². The van der Waals surface area contributed by atoms with Crippen molar-refractivity contribution in [2.45, 2.75) is 39.5 Å². The van der Waals surface area contributed by atoms with Gasteiger partial charge in [0.05, 0.1) is 0 Å². The molecule has 88 valence electrons. The molecule has 0 aliphatic heterocycles. The average molecular weight is 218 g/mol. The molecule has 0 radical (unpaired) electrons. The zero-order valence-corrected chi connectivity index (χ0v) is 10.3. The first-order chi connectivity index (χ1) is 7.63. The molecule has 1 aromatic carbocycles. The molecular formula is C14H22N2. The van der Waals surface area contributed by atoms with Gasteiger partial charge < -0.3 is 11.1 Å². The number of benzene rings is 1. The maximum atomic E-state index is 5.83. The van der Waals surface area contributed by atoms with E-state index in [4.69, 9.17) is 5.73 Å². The van der Waals surface area contributed by atoms with Crippen molar-refractivity contribution in [2.75, 3.05) is 17.6 Å². The Kier molecular flexibility index (Phi) is 3.08. The Morgan fingerprint density at radius 3 is 2.62 bits per heavy atom. The van der Waals surface area contributed by atoms with E-state index < -0.39 is 0 Å². The number of hydrogen-bond donors (Lipinski definition) is 2. The van der Waals surface area contributed by atoms with Crippen LogP contribution in [0, 0.1) is 12.3 Å². The third-order valence-corrected chi connectivity index (χ3v) is 3.50. The fourth-order valence-electron chi connectivity index (χ4n) is 2.43. The Morgan fingerprint density at radius 2 is 2.06 bits per heavy atom. The zero-order valence-electron chi connectivity index (χ0n) is 10.3. The van der Waals surface area contributed by atoms with E-state index in [1.54, 1.807) is 0 Å². The van der Waals surface area contributed by atoms with Crippen LogP contribution in [0.3, 0.4) is 0 Å². The molecule has 0 atom stereocenters. The van der Waals surface area contributed by atoms with Gasteiger partial charge >= 0.3 is 0 Å². The molecule has 1 fully saturated rings. The highest BCUT2D eigenvalue weighted by molar-refractivity contribution is 5.56. The van der Waals surface area contributed by atoms with Crippen LogP contribution in [0.5, 0.6) is 0 Å². The number of nitrogens with two attached hydrogens (primary N) is 1. The van der Waals surface area contributed by atoms with Crippen LogP contribution in [0.2, 0.25) is 0 Å². The number of nitrogen functional groups attached to an aromatic ring is 1. The van der Waals surface area contributed by atoms with Crippen LogP contribution in [0.25, 0.3) is 0 Å². The van der Waals surface area contributed by atoms with E-state index >= 15 is 0 Å². The molecule has 0 amide bonds. The van der Waals surface area contributed by atoms with Gasteiger partial charge in [-0.15, -0.1) is 0 Å². The fraction of sp³-hybridized carbons (Fsp3) is 0.571. The minimum atomic E-state index is 0.591. The first-order valence-electron chi connectivity index (χ1n) is 6.25. The summed E-state index contributed by atoms with van der Waals surface area (Å²) in [6.07, 6.45) is 5.41. The van der Waals surface area contributed by atoms with Crippen LogP contribution in [-0.4, -0.2) is 6.54 Å². The van der Waals surface area contributed by atoms with Crippen LogP contribution in [0.1, 0.15) is 38.2 Å². The molecule has 2 heteroatoms. The highest BCUT2D eigenvalue weighted by atomic mass is 14.9. The molecule has 0 heterocycles.